The monoisotopic (exact) mass is 452 g/mol. The van der Waals surface area contributed by atoms with Gasteiger partial charge in [0.2, 0.25) is 0 Å². The number of aromatic nitrogens is 1. The molecular weight excluding hydrogens is 441 g/mol. The Morgan fingerprint density at radius 1 is 1.04 bits per heavy atom. The maximum Gasteiger partial charge on any atom is 0.416 e. The standard InChI is InChI=1S/C19H12BrF3N2O3/c20-16-9-8-15(26)17(25-16)18(27)24-12-2-1-3-14(10-12)28-13-6-4-11(5-7-13)19(21,22)23/h1-10,26H,(H,24,27). The lowest BCUT2D eigenvalue weighted by Crippen LogP contribution is -2.14. The SMILES string of the molecule is O=C(Nc1cccc(Oc2ccc(C(F)(F)F)cc2)c1)c1nc(Br)ccc1O. The van der Waals surface area contributed by atoms with Crippen LogP contribution in [-0.2, 0) is 6.18 Å². The van der Waals surface area contributed by atoms with Gasteiger partial charge in [-0.1, -0.05) is 6.07 Å². The van der Waals surface area contributed by atoms with Crippen molar-refractivity contribution in [2.75, 3.05) is 5.32 Å². The van der Waals surface area contributed by atoms with Crippen molar-refractivity contribution in [1.82, 2.24) is 4.98 Å². The second-order valence-corrected chi connectivity index (χ2v) is 6.42. The van der Waals surface area contributed by atoms with Crippen LogP contribution in [0, 0.1) is 0 Å². The number of nitrogens with one attached hydrogen (secondary N) is 1. The van der Waals surface area contributed by atoms with Crippen LogP contribution in [0.1, 0.15) is 16.1 Å². The molecule has 0 unspecified atom stereocenters. The summed E-state index contributed by atoms with van der Waals surface area (Å²) in [5.41, 5.74) is -0.582. The second kappa shape index (κ2) is 7.89. The van der Waals surface area contributed by atoms with Crippen LogP contribution in [0.25, 0.3) is 0 Å². The van der Waals surface area contributed by atoms with E-state index >= 15 is 0 Å². The zero-order valence-electron chi connectivity index (χ0n) is 14.0. The van der Waals surface area contributed by atoms with Gasteiger partial charge >= 0.3 is 6.18 Å². The molecule has 3 aromatic rings. The molecule has 0 bridgehead atoms. The normalized spacial score (nSPS) is 11.1. The summed E-state index contributed by atoms with van der Waals surface area (Å²) in [7, 11) is 0. The van der Waals surface area contributed by atoms with Gasteiger partial charge in [0.15, 0.2) is 5.69 Å². The van der Waals surface area contributed by atoms with Crippen LogP contribution in [-0.4, -0.2) is 16.0 Å². The fourth-order valence-corrected chi connectivity index (χ4v) is 2.58. The highest BCUT2D eigenvalue weighted by atomic mass is 79.9. The fraction of sp³-hybridized carbons (Fsp3) is 0.0526. The number of pyridine rings is 1. The first-order valence-corrected chi connectivity index (χ1v) is 8.64. The molecule has 28 heavy (non-hydrogen) atoms. The van der Waals surface area contributed by atoms with E-state index in [0.29, 0.717) is 16.0 Å². The molecule has 0 radical (unpaired) electrons. The van der Waals surface area contributed by atoms with Crippen molar-refractivity contribution in [3.63, 3.8) is 0 Å². The van der Waals surface area contributed by atoms with Crippen molar-refractivity contribution in [3.05, 3.63) is 76.5 Å². The number of benzene rings is 2. The number of aromatic hydroxyl groups is 1. The Morgan fingerprint density at radius 3 is 2.43 bits per heavy atom. The van der Waals surface area contributed by atoms with E-state index in [4.69, 9.17) is 4.74 Å². The number of ether oxygens (including phenoxy) is 1. The molecule has 9 heteroatoms. The van der Waals surface area contributed by atoms with Crippen LogP contribution in [0.2, 0.25) is 0 Å². The van der Waals surface area contributed by atoms with E-state index in [1.807, 2.05) is 0 Å². The first kappa shape index (κ1) is 19.7. The van der Waals surface area contributed by atoms with Gasteiger partial charge in [0.05, 0.1) is 5.56 Å². The molecule has 1 amide bonds. The Balaban J connectivity index is 1.73. The van der Waals surface area contributed by atoms with Gasteiger partial charge in [-0.3, -0.25) is 4.79 Å². The predicted octanol–water partition coefficient (Wildman–Crippen LogP) is 5.61. The summed E-state index contributed by atoms with van der Waals surface area (Å²) in [6.07, 6.45) is -4.42. The molecule has 144 valence electrons. The summed E-state index contributed by atoms with van der Waals surface area (Å²) in [6, 6.07) is 13.3. The minimum absolute atomic E-state index is 0.163. The van der Waals surface area contributed by atoms with Crippen LogP contribution in [0.15, 0.2) is 65.3 Å². The highest BCUT2D eigenvalue weighted by Crippen LogP contribution is 2.32. The molecule has 0 aliphatic rings. The van der Waals surface area contributed by atoms with Gasteiger partial charge in [-0.2, -0.15) is 13.2 Å². The van der Waals surface area contributed by atoms with Gasteiger partial charge in [0.1, 0.15) is 21.9 Å². The van der Waals surface area contributed by atoms with E-state index < -0.39 is 17.6 Å². The van der Waals surface area contributed by atoms with Crippen LogP contribution in [0.5, 0.6) is 17.2 Å². The Labute approximate surface area is 165 Å². The number of hydrogen-bond acceptors (Lipinski definition) is 4. The van der Waals surface area contributed by atoms with Gasteiger partial charge in [-0.15, -0.1) is 0 Å². The zero-order valence-corrected chi connectivity index (χ0v) is 15.6. The van der Waals surface area contributed by atoms with Crippen molar-refractivity contribution in [2.45, 2.75) is 6.18 Å². The van der Waals surface area contributed by atoms with E-state index in [2.05, 4.69) is 26.2 Å². The third-order valence-electron chi connectivity index (χ3n) is 3.56. The minimum Gasteiger partial charge on any atom is -0.505 e. The van der Waals surface area contributed by atoms with E-state index in [1.165, 1.54) is 30.3 Å². The number of amides is 1. The molecule has 1 heterocycles. The van der Waals surface area contributed by atoms with Crippen LogP contribution >= 0.6 is 15.9 Å². The minimum atomic E-state index is -4.42. The average molecular weight is 453 g/mol. The Hall–Kier alpha value is -3.07. The van der Waals surface area contributed by atoms with Gasteiger partial charge in [-0.25, -0.2) is 4.98 Å². The highest BCUT2D eigenvalue weighted by molar-refractivity contribution is 9.10. The number of carbonyl (C=O) groups is 1. The number of alkyl halides is 3. The van der Waals surface area contributed by atoms with Gasteiger partial charge < -0.3 is 15.2 Å². The van der Waals surface area contributed by atoms with E-state index in [1.54, 1.807) is 18.2 Å². The molecule has 2 aromatic carbocycles. The lowest BCUT2D eigenvalue weighted by atomic mass is 10.2. The van der Waals surface area contributed by atoms with E-state index in [9.17, 15) is 23.1 Å². The van der Waals surface area contributed by atoms with Crippen molar-refractivity contribution >= 4 is 27.5 Å². The third-order valence-corrected chi connectivity index (χ3v) is 4.01. The highest BCUT2D eigenvalue weighted by Gasteiger charge is 2.30. The quantitative estimate of drug-likeness (QED) is 0.504. The number of anilines is 1. The molecule has 0 aliphatic heterocycles. The molecule has 2 N–H and O–H groups in total. The summed E-state index contributed by atoms with van der Waals surface area (Å²) < 4.78 is 43.7. The van der Waals surface area contributed by atoms with E-state index in [0.717, 1.165) is 12.1 Å². The predicted molar refractivity (Wildman–Crippen MR) is 99.5 cm³/mol. The van der Waals surface area contributed by atoms with Gasteiger partial charge in [0, 0.05) is 11.8 Å². The molecule has 3 rings (SSSR count). The summed E-state index contributed by atoms with van der Waals surface area (Å²) >= 11 is 3.12. The zero-order chi connectivity index (χ0) is 20.3. The number of nitrogens with zero attached hydrogens (tertiary/aromatic N) is 1. The number of hydrogen-bond donors (Lipinski definition) is 2. The van der Waals surface area contributed by atoms with Crippen LogP contribution in [0.3, 0.4) is 0 Å². The summed E-state index contributed by atoms with van der Waals surface area (Å²) in [5.74, 6) is -0.393. The largest absolute Gasteiger partial charge is 0.505 e. The van der Waals surface area contributed by atoms with Crippen molar-refractivity contribution in [2.24, 2.45) is 0 Å². The Morgan fingerprint density at radius 2 is 1.75 bits per heavy atom. The number of halogens is 4. The van der Waals surface area contributed by atoms with Crippen LogP contribution < -0.4 is 10.1 Å². The molecule has 0 fully saturated rings. The van der Waals surface area contributed by atoms with E-state index in [-0.39, 0.29) is 17.2 Å². The third kappa shape index (κ3) is 4.80. The van der Waals surface area contributed by atoms with Crippen molar-refractivity contribution in [1.29, 1.82) is 0 Å². The number of carbonyl (C=O) groups excluding carboxylic acids is 1. The lowest BCUT2D eigenvalue weighted by molar-refractivity contribution is -0.137. The fourth-order valence-electron chi connectivity index (χ4n) is 2.27. The summed E-state index contributed by atoms with van der Waals surface area (Å²) in [6.45, 7) is 0. The van der Waals surface area contributed by atoms with Gasteiger partial charge in [-0.05, 0) is 64.5 Å². The summed E-state index contributed by atoms with van der Waals surface area (Å²) in [5, 5.41) is 12.3. The molecule has 0 saturated heterocycles. The molecule has 0 saturated carbocycles. The van der Waals surface area contributed by atoms with Crippen LogP contribution in [0.4, 0.5) is 18.9 Å². The maximum atomic E-state index is 12.6. The smallest absolute Gasteiger partial charge is 0.416 e. The average Bonchev–Trinajstić information content (AvgIpc) is 2.63. The molecule has 0 aliphatic carbocycles. The Bertz CT molecular complexity index is 1010. The van der Waals surface area contributed by atoms with Gasteiger partial charge in [0.25, 0.3) is 5.91 Å². The second-order valence-electron chi connectivity index (χ2n) is 5.61. The molecule has 0 spiro atoms. The first-order valence-electron chi connectivity index (χ1n) is 7.84. The number of rotatable bonds is 4. The Kier molecular flexibility index (Phi) is 5.55. The topological polar surface area (TPSA) is 71.5 Å². The first-order chi connectivity index (χ1) is 13.2. The lowest BCUT2D eigenvalue weighted by Gasteiger charge is -2.11. The molecule has 5 nitrogen and oxygen atoms in total. The molecule has 1 aromatic heterocycles. The molecule has 0 atom stereocenters. The summed E-state index contributed by atoms with van der Waals surface area (Å²) in [4.78, 5) is 16.2. The van der Waals surface area contributed by atoms with Crippen molar-refractivity contribution in [3.8, 4) is 17.2 Å². The maximum absolute atomic E-state index is 12.6. The molecular formula is C19H12BrF3N2O3. The van der Waals surface area contributed by atoms with Crippen molar-refractivity contribution < 1.29 is 27.8 Å².